The van der Waals surface area contributed by atoms with Gasteiger partial charge in [0.15, 0.2) is 11.5 Å². The van der Waals surface area contributed by atoms with Gasteiger partial charge >= 0.3 is 0 Å². The zero-order chi connectivity index (χ0) is 16.2. The Hall–Kier alpha value is -1.56. The standard InChI is InChI=1S/C18H23NO4/c1-21-11-4-5-18-6-7-19(16(18)8-11)17(20)12-9-14(22-2)15(23-3)10-13(12)18/h4-5,9-11,16-17,20H,6-8H2,1-3H3/t11-,16?,17?,18+/m1/s1. The van der Waals surface area contributed by atoms with Crippen molar-refractivity contribution in [3.63, 3.8) is 0 Å². The van der Waals surface area contributed by atoms with E-state index in [2.05, 4.69) is 17.1 Å². The van der Waals surface area contributed by atoms with E-state index < -0.39 is 6.23 Å². The molecule has 0 amide bonds. The van der Waals surface area contributed by atoms with Gasteiger partial charge in [-0.1, -0.05) is 12.2 Å². The largest absolute Gasteiger partial charge is 0.493 e. The van der Waals surface area contributed by atoms with Crippen molar-refractivity contribution in [2.45, 2.75) is 36.6 Å². The Bertz CT molecular complexity index is 659. The molecular weight excluding hydrogens is 294 g/mol. The maximum atomic E-state index is 10.9. The van der Waals surface area contributed by atoms with Gasteiger partial charge in [0.2, 0.25) is 0 Å². The molecule has 1 aromatic carbocycles. The molecule has 5 heteroatoms. The highest BCUT2D eigenvalue weighted by Gasteiger charge is 2.56. The predicted octanol–water partition coefficient (Wildman–Crippen LogP) is 2.00. The van der Waals surface area contributed by atoms with Gasteiger partial charge in [0, 0.05) is 30.7 Å². The van der Waals surface area contributed by atoms with Gasteiger partial charge in [0.1, 0.15) is 6.23 Å². The van der Waals surface area contributed by atoms with Gasteiger partial charge in [-0.2, -0.15) is 0 Å². The number of hydrogen-bond acceptors (Lipinski definition) is 5. The Morgan fingerprint density at radius 2 is 1.91 bits per heavy atom. The van der Waals surface area contributed by atoms with E-state index in [9.17, 15) is 5.11 Å². The van der Waals surface area contributed by atoms with E-state index in [1.165, 1.54) is 0 Å². The molecule has 3 unspecified atom stereocenters. The maximum Gasteiger partial charge on any atom is 0.161 e. The summed E-state index contributed by atoms with van der Waals surface area (Å²) >= 11 is 0. The quantitative estimate of drug-likeness (QED) is 0.864. The average molecular weight is 317 g/mol. The molecule has 3 aliphatic rings. The van der Waals surface area contributed by atoms with E-state index in [0.29, 0.717) is 11.5 Å². The smallest absolute Gasteiger partial charge is 0.161 e. The summed E-state index contributed by atoms with van der Waals surface area (Å²) in [6.45, 7) is 0.881. The minimum absolute atomic E-state index is 0.0663. The first-order valence-corrected chi connectivity index (χ1v) is 8.07. The highest BCUT2D eigenvalue weighted by atomic mass is 16.5. The molecule has 1 N–H and O–H groups in total. The van der Waals surface area contributed by atoms with E-state index in [1.54, 1.807) is 21.3 Å². The number of aliphatic hydroxyl groups is 1. The van der Waals surface area contributed by atoms with Crippen LogP contribution >= 0.6 is 0 Å². The van der Waals surface area contributed by atoms with E-state index >= 15 is 0 Å². The molecule has 4 rings (SSSR count). The molecule has 1 aliphatic carbocycles. The average Bonchev–Trinajstić information content (AvgIpc) is 2.94. The number of ether oxygens (including phenoxy) is 3. The highest BCUT2D eigenvalue weighted by molar-refractivity contribution is 5.55. The van der Waals surface area contributed by atoms with E-state index in [-0.39, 0.29) is 17.6 Å². The Morgan fingerprint density at radius 3 is 2.61 bits per heavy atom. The summed E-state index contributed by atoms with van der Waals surface area (Å²) in [5.41, 5.74) is 2.02. The second-order valence-corrected chi connectivity index (χ2v) is 6.58. The number of benzene rings is 1. The van der Waals surface area contributed by atoms with Crippen molar-refractivity contribution in [1.82, 2.24) is 4.90 Å². The molecular formula is C18H23NO4. The lowest BCUT2D eigenvalue weighted by molar-refractivity contribution is -0.0400. The van der Waals surface area contributed by atoms with Crippen molar-refractivity contribution in [3.05, 3.63) is 35.4 Å². The van der Waals surface area contributed by atoms with Crippen molar-refractivity contribution < 1.29 is 19.3 Å². The molecule has 0 aromatic heterocycles. The molecule has 5 nitrogen and oxygen atoms in total. The van der Waals surface area contributed by atoms with Gasteiger partial charge in [0.25, 0.3) is 0 Å². The SMILES string of the molecule is COc1cc2c(cc1OC)[C@@]13C=C[C@@H](OC)CC1N(CC3)C2O. The van der Waals surface area contributed by atoms with Gasteiger partial charge < -0.3 is 19.3 Å². The topological polar surface area (TPSA) is 51.2 Å². The number of aliphatic hydroxyl groups excluding tert-OH is 1. The number of fused-ring (bicyclic) bond motifs is 1. The Labute approximate surface area is 136 Å². The summed E-state index contributed by atoms with van der Waals surface area (Å²) in [7, 11) is 5.02. The minimum Gasteiger partial charge on any atom is -0.493 e. The van der Waals surface area contributed by atoms with Crippen LogP contribution in [0.4, 0.5) is 0 Å². The normalized spacial score (nSPS) is 37.2. The molecule has 2 aliphatic heterocycles. The van der Waals surface area contributed by atoms with Crippen LogP contribution in [0.15, 0.2) is 24.3 Å². The third-order valence-electron chi connectivity index (χ3n) is 5.79. The van der Waals surface area contributed by atoms with Gasteiger partial charge in [-0.05, 0) is 30.5 Å². The van der Waals surface area contributed by atoms with E-state index in [0.717, 1.165) is 30.5 Å². The summed E-state index contributed by atoms with van der Waals surface area (Å²) in [5.74, 6) is 1.38. The van der Waals surface area contributed by atoms with Crippen LogP contribution in [0.2, 0.25) is 0 Å². The Morgan fingerprint density at radius 1 is 1.17 bits per heavy atom. The van der Waals surface area contributed by atoms with Crippen molar-refractivity contribution in [2.75, 3.05) is 27.9 Å². The molecule has 1 aromatic rings. The minimum atomic E-state index is -0.602. The molecule has 1 saturated heterocycles. The fourth-order valence-corrected chi connectivity index (χ4v) is 4.61. The molecule has 0 spiro atoms. The van der Waals surface area contributed by atoms with Crippen LogP contribution in [0.3, 0.4) is 0 Å². The summed E-state index contributed by atoms with van der Waals surface area (Å²) in [4.78, 5) is 2.20. The van der Waals surface area contributed by atoms with Crippen LogP contribution in [-0.4, -0.2) is 50.0 Å². The summed E-state index contributed by atoms with van der Waals surface area (Å²) in [5, 5.41) is 10.9. The van der Waals surface area contributed by atoms with Crippen molar-refractivity contribution >= 4 is 0 Å². The molecule has 0 radical (unpaired) electrons. The number of rotatable bonds is 3. The third kappa shape index (κ3) is 1.90. The lowest BCUT2D eigenvalue weighted by Crippen LogP contribution is -2.51. The number of methoxy groups -OCH3 is 3. The van der Waals surface area contributed by atoms with Gasteiger partial charge in [-0.3, -0.25) is 4.90 Å². The summed E-state index contributed by atoms with van der Waals surface area (Å²) in [6, 6.07) is 4.23. The monoisotopic (exact) mass is 317 g/mol. The van der Waals surface area contributed by atoms with Gasteiger partial charge in [-0.25, -0.2) is 0 Å². The maximum absolute atomic E-state index is 10.9. The summed E-state index contributed by atoms with van der Waals surface area (Å²) in [6.07, 6.45) is 5.86. The summed E-state index contributed by atoms with van der Waals surface area (Å²) < 4.78 is 16.4. The predicted molar refractivity (Wildman–Crippen MR) is 85.8 cm³/mol. The number of nitrogens with zero attached hydrogens (tertiary/aromatic N) is 1. The molecule has 124 valence electrons. The van der Waals surface area contributed by atoms with Crippen molar-refractivity contribution in [3.8, 4) is 11.5 Å². The zero-order valence-corrected chi connectivity index (χ0v) is 13.8. The fraction of sp³-hybridized carbons (Fsp3) is 0.556. The van der Waals surface area contributed by atoms with Crippen LogP contribution in [0.25, 0.3) is 0 Å². The van der Waals surface area contributed by atoms with Crippen LogP contribution in [-0.2, 0) is 10.2 Å². The first-order valence-electron chi connectivity index (χ1n) is 8.07. The lowest BCUT2D eigenvalue weighted by atomic mass is 9.66. The van der Waals surface area contributed by atoms with Crippen LogP contribution in [0, 0.1) is 0 Å². The third-order valence-corrected chi connectivity index (χ3v) is 5.79. The second-order valence-electron chi connectivity index (χ2n) is 6.58. The zero-order valence-electron chi connectivity index (χ0n) is 13.8. The van der Waals surface area contributed by atoms with Crippen LogP contribution in [0.1, 0.15) is 30.2 Å². The molecule has 2 heterocycles. The van der Waals surface area contributed by atoms with Crippen molar-refractivity contribution in [1.29, 1.82) is 0 Å². The lowest BCUT2D eigenvalue weighted by Gasteiger charge is -2.47. The molecule has 0 saturated carbocycles. The second kappa shape index (κ2) is 5.23. The number of hydrogen-bond donors (Lipinski definition) is 1. The van der Waals surface area contributed by atoms with Crippen molar-refractivity contribution in [2.24, 2.45) is 0 Å². The van der Waals surface area contributed by atoms with Crippen LogP contribution < -0.4 is 9.47 Å². The first kappa shape index (κ1) is 15.0. The molecule has 2 bridgehead atoms. The van der Waals surface area contributed by atoms with Gasteiger partial charge in [-0.15, -0.1) is 0 Å². The highest BCUT2D eigenvalue weighted by Crippen LogP contribution is 2.55. The first-order chi connectivity index (χ1) is 11.1. The van der Waals surface area contributed by atoms with Crippen LogP contribution in [0.5, 0.6) is 11.5 Å². The van der Waals surface area contributed by atoms with Gasteiger partial charge in [0.05, 0.1) is 20.3 Å². The Kier molecular flexibility index (Phi) is 3.41. The molecule has 1 fully saturated rings. The fourth-order valence-electron chi connectivity index (χ4n) is 4.61. The Balaban J connectivity index is 1.91. The van der Waals surface area contributed by atoms with E-state index in [4.69, 9.17) is 14.2 Å². The molecule has 23 heavy (non-hydrogen) atoms. The molecule has 5 atom stereocenters. The van der Waals surface area contributed by atoms with E-state index in [1.807, 2.05) is 12.1 Å².